The van der Waals surface area contributed by atoms with E-state index in [2.05, 4.69) is 10.2 Å². The summed E-state index contributed by atoms with van der Waals surface area (Å²) in [7, 11) is 0. The van der Waals surface area contributed by atoms with Crippen molar-refractivity contribution in [3.63, 3.8) is 0 Å². The Morgan fingerprint density at radius 2 is 1.41 bits per heavy atom. The SMILES string of the molecule is Oc1ccccc1/C=N/N=Cc1ccccc1. The monoisotopic (exact) mass is 224 g/mol. The maximum Gasteiger partial charge on any atom is 0.124 e. The summed E-state index contributed by atoms with van der Waals surface area (Å²) in [4.78, 5) is 0. The van der Waals surface area contributed by atoms with Gasteiger partial charge >= 0.3 is 0 Å². The normalized spacial score (nSPS) is 11.3. The molecule has 0 saturated carbocycles. The molecule has 0 atom stereocenters. The van der Waals surface area contributed by atoms with Gasteiger partial charge in [0.2, 0.25) is 0 Å². The first kappa shape index (κ1) is 11.1. The van der Waals surface area contributed by atoms with Crippen molar-refractivity contribution >= 4 is 12.4 Å². The molecule has 0 fully saturated rings. The molecular weight excluding hydrogens is 212 g/mol. The predicted octanol–water partition coefficient (Wildman–Crippen LogP) is 2.85. The van der Waals surface area contributed by atoms with E-state index < -0.39 is 0 Å². The Balaban J connectivity index is 2.04. The summed E-state index contributed by atoms with van der Waals surface area (Å²) < 4.78 is 0. The predicted molar refractivity (Wildman–Crippen MR) is 69.7 cm³/mol. The lowest BCUT2D eigenvalue weighted by Crippen LogP contribution is -1.81. The van der Waals surface area contributed by atoms with Crippen LogP contribution >= 0.6 is 0 Å². The summed E-state index contributed by atoms with van der Waals surface area (Å²) in [5.41, 5.74) is 1.64. The summed E-state index contributed by atoms with van der Waals surface area (Å²) in [6.45, 7) is 0. The van der Waals surface area contributed by atoms with Crippen molar-refractivity contribution in [3.8, 4) is 5.75 Å². The fourth-order valence-corrected chi connectivity index (χ4v) is 1.33. The molecular formula is C14H12N2O. The first-order valence-electron chi connectivity index (χ1n) is 5.26. The number of phenols is 1. The first-order valence-corrected chi connectivity index (χ1v) is 5.26. The van der Waals surface area contributed by atoms with Crippen molar-refractivity contribution < 1.29 is 5.11 Å². The van der Waals surface area contributed by atoms with Crippen LogP contribution in [0.3, 0.4) is 0 Å². The molecule has 1 N–H and O–H groups in total. The number of phenolic OH excluding ortho intramolecular Hbond substituents is 1. The number of para-hydroxylation sites is 1. The molecule has 17 heavy (non-hydrogen) atoms. The van der Waals surface area contributed by atoms with Crippen LogP contribution in [0.2, 0.25) is 0 Å². The second kappa shape index (κ2) is 5.61. The Morgan fingerprint density at radius 1 is 0.765 bits per heavy atom. The van der Waals surface area contributed by atoms with Crippen LogP contribution in [0.4, 0.5) is 0 Å². The number of hydrogen-bond donors (Lipinski definition) is 1. The second-order valence-corrected chi connectivity index (χ2v) is 3.46. The Kier molecular flexibility index (Phi) is 3.65. The Morgan fingerprint density at radius 3 is 2.18 bits per heavy atom. The maximum absolute atomic E-state index is 9.48. The van der Waals surface area contributed by atoms with Gasteiger partial charge in [-0.15, -0.1) is 0 Å². The highest BCUT2D eigenvalue weighted by Crippen LogP contribution is 2.12. The van der Waals surface area contributed by atoms with Crippen LogP contribution in [-0.4, -0.2) is 17.5 Å². The molecule has 0 spiro atoms. The smallest absolute Gasteiger partial charge is 0.124 e. The van der Waals surface area contributed by atoms with E-state index in [0.717, 1.165) is 5.56 Å². The average Bonchev–Trinajstić information content (AvgIpc) is 2.38. The van der Waals surface area contributed by atoms with Crippen molar-refractivity contribution in [2.45, 2.75) is 0 Å². The minimum absolute atomic E-state index is 0.200. The summed E-state index contributed by atoms with van der Waals surface area (Å²) in [6, 6.07) is 16.7. The number of nitrogens with zero attached hydrogens (tertiary/aromatic N) is 2. The first-order chi connectivity index (χ1) is 8.36. The number of aromatic hydroxyl groups is 1. The van der Waals surface area contributed by atoms with E-state index in [1.807, 2.05) is 36.4 Å². The molecule has 0 bridgehead atoms. The van der Waals surface area contributed by atoms with Gasteiger partial charge in [-0.3, -0.25) is 0 Å². The summed E-state index contributed by atoms with van der Waals surface area (Å²) >= 11 is 0. The zero-order valence-electron chi connectivity index (χ0n) is 9.19. The van der Waals surface area contributed by atoms with Gasteiger partial charge in [0, 0.05) is 5.56 Å². The molecule has 0 aliphatic carbocycles. The maximum atomic E-state index is 9.48. The Hall–Kier alpha value is -2.42. The third-order valence-corrected chi connectivity index (χ3v) is 2.21. The molecule has 2 aromatic carbocycles. The number of rotatable bonds is 3. The summed E-state index contributed by atoms with van der Waals surface area (Å²) in [6.07, 6.45) is 3.19. The standard InChI is InChI=1S/C14H12N2O/c17-14-9-5-4-8-13(14)11-16-15-10-12-6-2-1-3-7-12/h1-11,17H/b15-10?,16-11+. The van der Waals surface area contributed by atoms with E-state index in [9.17, 15) is 5.11 Å². The minimum Gasteiger partial charge on any atom is -0.507 e. The molecule has 2 rings (SSSR count). The van der Waals surface area contributed by atoms with Gasteiger partial charge < -0.3 is 5.11 Å². The van der Waals surface area contributed by atoms with E-state index in [-0.39, 0.29) is 5.75 Å². The summed E-state index contributed by atoms with van der Waals surface area (Å²) in [5.74, 6) is 0.200. The fourth-order valence-electron chi connectivity index (χ4n) is 1.33. The quantitative estimate of drug-likeness (QED) is 0.632. The van der Waals surface area contributed by atoms with E-state index in [0.29, 0.717) is 5.56 Å². The molecule has 3 heteroatoms. The molecule has 3 nitrogen and oxygen atoms in total. The zero-order chi connectivity index (χ0) is 11.9. The van der Waals surface area contributed by atoms with Gasteiger partial charge in [-0.1, -0.05) is 42.5 Å². The lowest BCUT2D eigenvalue weighted by Gasteiger charge is -1.94. The van der Waals surface area contributed by atoms with Crippen LogP contribution in [0.25, 0.3) is 0 Å². The van der Waals surface area contributed by atoms with Gasteiger partial charge in [-0.2, -0.15) is 10.2 Å². The summed E-state index contributed by atoms with van der Waals surface area (Å²) in [5, 5.41) is 17.3. The Labute approximate surface area is 99.8 Å². The largest absolute Gasteiger partial charge is 0.507 e. The minimum atomic E-state index is 0.200. The van der Waals surface area contributed by atoms with Crippen molar-refractivity contribution in [1.29, 1.82) is 0 Å². The van der Waals surface area contributed by atoms with Gasteiger partial charge in [0.1, 0.15) is 5.75 Å². The van der Waals surface area contributed by atoms with Crippen LogP contribution in [0, 0.1) is 0 Å². The van der Waals surface area contributed by atoms with Crippen molar-refractivity contribution in [1.82, 2.24) is 0 Å². The van der Waals surface area contributed by atoms with E-state index in [4.69, 9.17) is 0 Å². The van der Waals surface area contributed by atoms with Gasteiger partial charge in [0.15, 0.2) is 0 Å². The van der Waals surface area contributed by atoms with Gasteiger partial charge in [0.05, 0.1) is 12.4 Å². The van der Waals surface area contributed by atoms with E-state index in [1.165, 1.54) is 6.21 Å². The van der Waals surface area contributed by atoms with Crippen LogP contribution < -0.4 is 0 Å². The fraction of sp³-hybridized carbons (Fsp3) is 0. The Bertz CT molecular complexity index is 533. The second-order valence-electron chi connectivity index (χ2n) is 3.46. The molecule has 0 aromatic heterocycles. The lowest BCUT2D eigenvalue weighted by atomic mass is 10.2. The third-order valence-electron chi connectivity index (χ3n) is 2.21. The highest BCUT2D eigenvalue weighted by molar-refractivity contribution is 5.84. The zero-order valence-corrected chi connectivity index (χ0v) is 9.19. The van der Waals surface area contributed by atoms with Gasteiger partial charge in [0.25, 0.3) is 0 Å². The van der Waals surface area contributed by atoms with Crippen molar-refractivity contribution in [3.05, 3.63) is 65.7 Å². The third kappa shape index (κ3) is 3.28. The van der Waals surface area contributed by atoms with E-state index >= 15 is 0 Å². The molecule has 0 radical (unpaired) electrons. The average molecular weight is 224 g/mol. The molecule has 0 aliphatic heterocycles. The molecule has 0 unspecified atom stereocenters. The topological polar surface area (TPSA) is 45.0 Å². The number of benzene rings is 2. The molecule has 0 aliphatic rings. The molecule has 0 saturated heterocycles. The van der Waals surface area contributed by atoms with Crippen LogP contribution in [-0.2, 0) is 0 Å². The van der Waals surface area contributed by atoms with Crippen LogP contribution in [0.15, 0.2) is 64.8 Å². The lowest BCUT2D eigenvalue weighted by molar-refractivity contribution is 0.474. The van der Waals surface area contributed by atoms with Crippen molar-refractivity contribution in [2.24, 2.45) is 10.2 Å². The highest BCUT2D eigenvalue weighted by Gasteiger charge is 1.93. The highest BCUT2D eigenvalue weighted by atomic mass is 16.3. The molecule has 2 aromatic rings. The van der Waals surface area contributed by atoms with E-state index in [1.54, 1.807) is 24.4 Å². The number of hydrogen-bond acceptors (Lipinski definition) is 3. The molecule has 0 heterocycles. The van der Waals surface area contributed by atoms with Gasteiger partial charge in [-0.25, -0.2) is 0 Å². The molecule has 84 valence electrons. The van der Waals surface area contributed by atoms with Crippen molar-refractivity contribution in [2.75, 3.05) is 0 Å². The van der Waals surface area contributed by atoms with Gasteiger partial charge in [-0.05, 0) is 17.7 Å². The molecule has 0 amide bonds. The van der Waals surface area contributed by atoms with Crippen LogP contribution in [0.5, 0.6) is 5.75 Å². The van der Waals surface area contributed by atoms with Crippen LogP contribution in [0.1, 0.15) is 11.1 Å².